The molecule has 0 fully saturated rings. The first-order valence-corrected chi connectivity index (χ1v) is 5.01. The summed E-state index contributed by atoms with van der Waals surface area (Å²) in [5.74, 6) is 0.0487. The van der Waals surface area contributed by atoms with Crippen LogP contribution >= 0.6 is 0 Å². The van der Waals surface area contributed by atoms with Gasteiger partial charge in [0.05, 0.1) is 19.8 Å². The first-order chi connectivity index (χ1) is 6.54. The Morgan fingerprint density at radius 2 is 2.07 bits per heavy atom. The lowest BCUT2D eigenvalue weighted by atomic mass is 9.89. The summed E-state index contributed by atoms with van der Waals surface area (Å²) in [7, 11) is 0. The molecule has 0 spiro atoms. The molecule has 4 nitrogen and oxygen atoms in total. The van der Waals surface area contributed by atoms with Crippen LogP contribution in [-0.2, 0) is 9.53 Å². The minimum absolute atomic E-state index is 0.0222. The summed E-state index contributed by atoms with van der Waals surface area (Å²) in [5, 5.41) is 11.2. The Hall–Kier alpha value is -0.610. The van der Waals surface area contributed by atoms with Gasteiger partial charge >= 0.3 is 0 Å². The molecule has 1 amide bonds. The fourth-order valence-electron chi connectivity index (χ4n) is 0.803. The lowest BCUT2D eigenvalue weighted by Gasteiger charge is -2.21. The third kappa shape index (κ3) is 5.19. The van der Waals surface area contributed by atoms with Gasteiger partial charge in [-0.2, -0.15) is 0 Å². The number of hydrogen-bond donors (Lipinski definition) is 2. The van der Waals surface area contributed by atoms with Crippen LogP contribution in [0.15, 0.2) is 0 Å². The summed E-state index contributed by atoms with van der Waals surface area (Å²) in [6.07, 6.45) is 0.816. The third-order valence-electron chi connectivity index (χ3n) is 2.27. The molecule has 0 saturated heterocycles. The summed E-state index contributed by atoms with van der Waals surface area (Å²) in [4.78, 5) is 11.5. The van der Waals surface area contributed by atoms with Gasteiger partial charge in [0, 0.05) is 12.0 Å². The highest BCUT2D eigenvalue weighted by molar-refractivity contribution is 5.81. The maximum Gasteiger partial charge on any atom is 0.225 e. The van der Waals surface area contributed by atoms with Crippen molar-refractivity contribution in [3.05, 3.63) is 0 Å². The van der Waals surface area contributed by atoms with E-state index < -0.39 is 0 Å². The zero-order valence-electron chi connectivity index (χ0n) is 9.30. The van der Waals surface area contributed by atoms with E-state index in [2.05, 4.69) is 5.32 Å². The largest absolute Gasteiger partial charge is 0.394 e. The molecule has 0 saturated carbocycles. The Bertz CT molecular complexity index is 169. The van der Waals surface area contributed by atoms with Crippen LogP contribution in [0.4, 0.5) is 0 Å². The second-order valence-corrected chi connectivity index (χ2v) is 3.83. The van der Waals surface area contributed by atoms with Crippen LogP contribution in [0.25, 0.3) is 0 Å². The summed E-state index contributed by atoms with van der Waals surface area (Å²) in [6, 6.07) is 0. The van der Waals surface area contributed by atoms with Gasteiger partial charge in [-0.3, -0.25) is 4.79 Å². The number of ether oxygens (including phenoxy) is 1. The number of aliphatic hydroxyl groups excluding tert-OH is 1. The van der Waals surface area contributed by atoms with Crippen LogP contribution in [0.5, 0.6) is 0 Å². The first kappa shape index (κ1) is 13.4. The Morgan fingerprint density at radius 3 is 2.57 bits per heavy atom. The molecule has 0 aliphatic carbocycles. The molecule has 4 heteroatoms. The van der Waals surface area contributed by atoms with Crippen molar-refractivity contribution >= 4 is 5.91 Å². The Balaban J connectivity index is 3.54. The first-order valence-electron chi connectivity index (χ1n) is 5.01. The SMILES string of the molecule is CCC(C)(C)C(=O)NCCOCCO. The number of hydrogen-bond acceptors (Lipinski definition) is 3. The van der Waals surface area contributed by atoms with Crippen LogP contribution in [-0.4, -0.2) is 37.4 Å². The summed E-state index contributed by atoms with van der Waals surface area (Å²) in [5.41, 5.74) is -0.309. The van der Waals surface area contributed by atoms with Gasteiger partial charge in [-0.1, -0.05) is 20.8 Å². The maximum atomic E-state index is 11.5. The molecule has 14 heavy (non-hydrogen) atoms. The molecule has 2 N–H and O–H groups in total. The summed E-state index contributed by atoms with van der Waals surface area (Å²) < 4.78 is 5.01. The van der Waals surface area contributed by atoms with Crippen molar-refractivity contribution in [1.82, 2.24) is 5.32 Å². The van der Waals surface area contributed by atoms with E-state index >= 15 is 0 Å². The Morgan fingerprint density at radius 1 is 1.43 bits per heavy atom. The predicted octanol–water partition coefficient (Wildman–Crippen LogP) is 0.548. The lowest BCUT2D eigenvalue weighted by Crippen LogP contribution is -2.38. The van der Waals surface area contributed by atoms with Crippen molar-refractivity contribution in [2.45, 2.75) is 27.2 Å². The highest BCUT2D eigenvalue weighted by atomic mass is 16.5. The molecule has 0 unspecified atom stereocenters. The molecule has 0 aliphatic rings. The van der Waals surface area contributed by atoms with Crippen LogP contribution < -0.4 is 5.32 Å². The second-order valence-electron chi connectivity index (χ2n) is 3.83. The standard InChI is InChI=1S/C10H21NO3/c1-4-10(2,3)9(13)11-5-7-14-8-6-12/h12H,4-8H2,1-3H3,(H,11,13). The van der Waals surface area contributed by atoms with E-state index in [1.807, 2.05) is 20.8 Å². The van der Waals surface area contributed by atoms with Gasteiger partial charge in [0.15, 0.2) is 0 Å². The normalized spacial score (nSPS) is 11.4. The average molecular weight is 203 g/mol. The van der Waals surface area contributed by atoms with Crippen LogP contribution in [0.1, 0.15) is 27.2 Å². The molecule has 0 heterocycles. The average Bonchev–Trinajstić information content (AvgIpc) is 2.17. The maximum absolute atomic E-state index is 11.5. The number of carbonyl (C=O) groups is 1. The van der Waals surface area contributed by atoms with Gasteiger partial charge in [-0.15, -0.1) is 0 Å². The van der Waals surface area contributed by atoms with Crippen molar-refractivity contribution < 1.29 is 14.6 Å². The number of aliphatic hydroxyl groups is 1. The van der Waals surface area contributed by atoms with Gasteiger partial charge < -0.3 is 15.2 Å². The second kappa shape index (κ2) is 6.79. The van der Waals surface area contributed by atoms with E-state index in [-0.39, 0.29) is 17.9 Å². The minimum atomic E-state index is -0.309. The molecular weight excluding hydrogens is 182 g/mol. The molecule has 0 rings (SSSR count). The topological polar surface area (TPSA) is 58.6 Å². The highest BCUT2D eigenvalue weighted by Crippen LogP contribution is 2.18. The quantitative estimate of drug-likeness (QED) is 0.594. The van der Waals surface area contributed by atoms with E-state index in [9.17, 15) is 4.79 Å². The number of rotatable bonds is 7. The van der Waals surface area contributed by atoms with Gasteiger partial charge in [0.25, 0.3) is 0 Å². The van der Waals surface area contributed by atoms with Crippen LogP contribution in [0.3, 0.4) is 0 Å². The third-order valence-corrected chi connectivity index (χ3v) is 2.27. The molecule has 0 atom stereocenters. The molecule has 0 bridgehead atoms. The van der Waals surface area contributed by atoms with Crippen molar-refractivity contribution in [2.24, 2.45) is 5.41 Å². The molecule has 84 valence electrons. The smallest absolute Gasteiger partial charge is 0.225 e. The molecule has 0 aromatic rings. The van der Waals surface area contributed by atoms with Gasteiger partial charge in [0.2, 0.25) is 5.91 Å². The van der Waals surface area contributed by atoms with E-state index in [4.69, 9.17) is 9.84 Å². The van der Waals surface area contributed by atoms with Crippen molar-refractivity contribution in [3.8, 4) is 0 Å². The number of nitrogens with one attached hydrogen (secondary N) is 1. The Kier molecular flexibility index (Phi) is 6.49. The summed E-state index contributed by atoms with van der Waals surface area (Å²) in [6.45, 7) is 7.12. The van der Waals surface area contributed by atoms with Crippen LogP contribution in [0, 0.1) is 5.41 Å². The predicted molar refractivity (Wildman–Crippen MR) is 55.0 cm³/mol. The van der Waals surface area contributed by atoms with Crippen molar-refractivity contribution in [3.63, 3.8) is 0 Å². The van der Waals surface area contributed by atoms with Gasteiger partial charge in [-0.25, -0.2) is 0 Å². The fraction of sp³-hybridized carbons (Fsp3) is 0.900. The number of amides is 1. The molecular formula is C10H21NO3. The van der Waals surface area contributed by atoms with Crippen molar-refractivity contribution in [2.75, 3.05) is 26.4 Å². The van der Waals surface area contributed by atoms with E-state index in [1.165, 1.54) is 0 Å². The zero-order valence-corrected chi connectivity index (χ0v) is 9.30. The van der Waals surface area contributed by atoms with E-state index in [1.54, 1.807) is 0 Å². The van der Waals surface area contributed by atoms with E-state index in [0.29, 0.717) is 19.8 Å². The van der Waals surface area contributed by atoms with Gasteiger partial charge in [-0.05, 0) is 6.42 Å². The fourth-order valence-corrected chi connectivity index (χ4v) is 0.803. The Labute approximate surface area is 85.6 Å². The molecule has 0 radical (unpaired) electrons. The summed E-state index contributed by atoms with van der Waals surface area (Å²) >= 11 is 0. The molecule has 0 aromatic carbocycles. The van der Waals surface area contributed by atoms with Crippen LogP contribution in [0.2, 0.25) is 0 Å². The zero-order chi connectivity index (χ0) is 11.0. The molecule has 0 aliphatic heterocycles. The highest BCUT2D eigenvalue weighted by Gasteiger charge is 2.24. The van der Waals surface area contributed by atoms with Gasteiger partial charge in [0.1, 0.15) is 0 Å². The lowest BCUT2D eigenvalue weighted by molar-refractivity contribution is -0.129. The van der Waals surface area contributed by atoms with E-state index in [0.717, 1.165) is 6.42 Å². The molecule has 0 aromatic heterocycles. The minimum Gasteiger partial charge on any atom is -0.394 e. The number of carbonyl (C=O) groups excluding carboxylic acids is 1. The van der Waals surface area contributed by atoms with Crippen molar-refractivity contribution in [1.29, 1.82) is 0 Å². The monoisotopic (exact) mass is 203 g/mol.